The number of ether oxygens (including phenoxy) is 1. The molecular formula is C13H26O. The Morgan fingerprint density at radius 1 is 1.00 bits per heavy atom. The third-order valence-electron chi connectivity index (χ3n) is 2.24. The van der Waals surface area contributed by atoms with Crippen molar-refractivity contribution in [1.29, 1.82) is 0 Å². The molecule has 0 unspecified atom stereocenters. The normalized spacial score (nSPS) is 10.4. The number of hydrogen-bond acceptors (Lipinski definition) is 1. The summed E-state index contributed by atoms with van der Waals surface area (Å²) in [5, 5.41) is 0. The summed E-state index contributed by atoms with van der Waals surface area (Å²) in [6.45, 7) is 9.69. The van der Waals surface area contributed by atoms with Crippen LogP contribution in [0.3, 0.4) is 0 Å². The Kier molecular flexibility index (Phi) is 10.5. The molecule has 0 aliphatic rings. The van der Waals surface area contributed by atoms with Crippen molar-refractivity contribution in [2.45, 2.75) is 58.8 Å². The molecule has 0 aromatic carbocycles. The molecule has 14 heavy (non-hydrogen) atoms. The van der Waals surface area contributed by atoms with E-state index in [2.05, 4.69) is 13.5 Å². The predicted molar refractivity (Wildman–Crippen MR) is 63.6 cm³/mol. The van der Waals surface area contributed by atoms with Gasteiger partial charge in [0.15, 0.2) is 0 Å². The Balaban J connectivity index is 2.88. The minimum atomic E-state index is 0.732. The van der Waals surface area contributed by atoms with Crippen LogP contribution in [0.25, 0.3) is 0 Å². The van der Waals surface area contributed by atoms with E-state index >= 15 is 0 Å². The van der Waals surface area contributed by atoms with Gasteiger partial charge in [-0.3, -0.25) is 0 Å². The summed E-state index contributed by atoms with van der Waals surface area (Å²) in [5.41, 5.74) is 1.12. The summed E-state index contributed by atoms with van der Waals surface area (Å²) < 4.78 is 5.42. The van der Waals surface area contributed by atoms with E-state index in [4.69, 9.17) is 4.74 Å². The Morgan fingerprint density at radius 3 is 2.14 bits per heavy atom. The van der Waals surface area contributed by atoms with Crippen molar-refractivity contribution in [3.63, 3.8) is 0 Å². The van der Waals surface area contributed by atoms with Crippen LogP contribution in [-0.4, -0.2) is 13.2 Å². The summed E-state index contributed by atoms with van der Waals surface area (Å²) in [6.07, 6.45) is 9.43. The van der Waals surface area contributed by atoms with Gasteiger partial charge in [-0.25, -0.2) is 0 Å². The first-order valence-corrected chi connectivity index (χ1v) is 5.99. The van der Waals surface area contributed by atoms with Crippen LogP contribution in [0.5, 0.6) is 0 Å². The second kappa shape index (κ2) is 10.8. The second-order valence-electron chi connectivity index (χ2n) is 4.13. The third-order valence-corrected chi connectivity index (χ3v) is 2.24. The molecule has 0 N–H and O–H groups in total. The van der Waals surface area contributed by atoms with Crippen LogP contribution in [0.1, 0.15) is 58.8 Å². The fourth-order valence-electron chi connectivity index (χ4n) is 1.41. The van der Waals surface area contributed by atoms with Crippen molar-refractivity contribution in [2.24, 2.45) is 0 Å². The molecule has 0 radical (unpaired) electrons. The van der Waals surface area contributed by atoms with Gasteiger partial charge in [-0.2, -0.15) is 0 Å². The zero-order chi connectivity index (χ0) is 10.6. The molecule has 0 rings (SSSR count). The van der Waals surface area contributed by atoms with Crippen LogP contribution in [-0.2, 0) is 4.74 Å². The summed E-state index contributed by atoms with van der Waals surface area (Å²) in [5.74, 6) is 0. The van der Waals surface area contributed by atoms with E-state index in [0.29, 0.717) is 0 Å². The Bertz CT molecular complexity index is 129. The number of hydrogen-bond donors (Lipinski definition) is 0. The molecule has 1 heteroatoms. The maximum absolute atomic E-state index is 5.42. The fourth-order valence-corrected chi connectivity index (χ4v) is 1.41. The van der Waals surface area contributed by atoms with Crippen molar-refractivity contribution >= 4 is 0 Å². The molecule has 0 saturated heterocycles. The van der Waals surface area contributed by atoms with Crippen molar-refractivity contribution in [3.8, 4) is 0 Å². The van der Waals surface area contributed by atoms with E-state index in [1.807, 2.05) is 6.92 Å². The lowest BCUT2D eigenvalue weighted by Crippen LogP contribution is -1.97. The first kappa shape index (κ1) is 13.7. The summed E-state index contributed by atoms with van der Waals surface area (Å²) in [4.78, 5) is 0. The Morgan fingerprint density at radius 2 is 1.57 bits per heavy atom. The lowest BCUT2D eigenvalue weighted by molar-refractivity contribution is 0.151. The van der Waals surface area contributed by atoms with Gasteiger partial charge in [0.05, 0.1) is 6.61 Å². The van der Waals surface area contributed by atoms with Crippen LogP contribution in [0.2, 0.25) is 0 Å². The monoisotopic (exact) mass is 198 g/mol. The minimum Gasteiger partial charge on any atom is -0.377 e. The zero-order valence-electron chi connectivity index (χ0n) is 9.98. The van der Waals surface area contributed by atoms with Crippen LogP contribution in [0.4, 0.5) is 0 Å². The van der Waals surface area contributed by atoms with Gasteiger partial charge in [0.25, 0.3) is 0 Å². The third kappa shape index (κ3) is 11.7. The molecule has 0 bridgehead atoms. The smallest absolute Gasteiger partial charge is 0.0671 e. The SMILES string of the molecule is C=C(C)COCCCCCCCCC. The summed E-state index contributed by atoms with van der Waals surface area (Å²) >= 11 is 0. The molecule has 0 atom stereocenters. The quantitative estimate of drug-likeness (QED) is 0.375. The van der Waals surface area contributed by atoms with E-state index in [1.165, 1.54) is 44.9 Å². The molecule has 0 aliphatic heterocycles. The van der Waals surface area contributed by atoms with Gasteiger partial charge in [0.2, 0.25) is 0 Å². The first-order chi connectivity index (χ1) is 6.77. The standard InChI is InChI=1S/C13H26O/c1-4-5-6-7-8-9-10-11-14-12-13(2)3/h2,4-12H2,1,3H3. The van der Waals surface area contributed by atoms with Crippen LogP contribution >= 0.6 is 0 Å². The van der Waals surface area contributed by atoms with Gasteiger partial charge in [-0.05, 0) is 13.3 Å². The topological polar surface area (TPSA) is 9.23 Å². The molecule has 84 valence electrons. The summed E-state index contributed by atoms with van der Waals surface area (Å²) in [7, 11) is 0. The molecule has 0 fully saturated rings. The van der Waals surface area contributed by atoms with Gasteiger partial charge in [-0.15, -0.1) is 0 Å². The lowest BCUT2D eigenvalue weighted by atomic mass is 10.1. The number of unbranched alkanes of at least 4 members (excludes halogenated alkanes) is 6. The highest BCUT2D eigenvalue weighted by Gasteiger charge is 1.91. The van der Waals surface area contributed by atoms with Crippen molar-refractivity contribution in [2.75, 3.05) is 13.2 Å². The Labute approximate surface area is 89.5 Å². The molecule has 1 nitrogen and oxygen atoms in total. The van der Waals surface area contributed by atoms with Crippen molar-refractivity contribution in [3.05, 3.63) is 12.2 Å². The van der Waals surface area contributed by atoms with Crippen molar-refractivity contribution in [1.82, 2.24) is 0 Å². The maximum atomic E-state index is 5.42. The summed E-state index contributed by atoms with van der Waals surface area (Å²) in [6, 6.07) is 0. The predicted octanol–water partition coefficient (Wildman–Crippen LogP) is 4.33. The fraction of sp³-hybridized carbons (Fsp3) is 0.846. The van der Waals surface area contributed by atoms with Crippen LogP contribution in [0.15, 0.2) is 12.2 Å². The second-order valence-corrected chi connectivity index (χ2v) is 4.13. The molecule has 0 aliphatic carbocycles. The van der Waals surface area contributed by atoms with E-state index in [-0.39, 0.29) is 0 Å². The van der Waals surface area contributed by atoms with Crippen LogP contribution in [0, 0.1) is 0 Å². The molecule has 0 saturated carbocycles. The van der Waals surface area contributed by atoms with Gasteiger partial charge in [0.1, 0.15) is 0 Å². The maximum Gasteiger partial charge on any atom is 0.0671 e. The van der Waals surface area contributed by atoms with Gasteiger partial charge in [0, 0.05) is 6.61 Å². The highest BCUT2D eigenvalue weighted by molar-refractivity contribution is 4.87. The van der Waals surface area contributed by atoms with Gasteiger partial charge >= 0.3 is 0 Å². The minimum absolute atomic E-state index is 0.732. The number of rotatable bonds is 10. The molecule has 0 aromatic rings. The van der Waals surface area contributed by atoms with E-state index in [1.54, 1.807) is 0 Å². The van der Waals surface area contributed by atoms with Gasteiger partial charge < -0.3 is 4.74 Å². The highest BCUT2D eigenvalue weighted by Crippen LogP contribution is 2.06. The average Bonchev–Trinajstić information content (AvgIpc) is 2.15. The lowest BCUT2D eigenvalue weighted by Gasteiger charge is -2.03. The highest BCUT2D eigenvalue weighted by atomic mass is 16.5. The van der Waals surface area contributed by atoms with E-state index in [9.17, 15) is 0 Å². The molecular weight excluding hydrogens is 172 g/mol. The largest absolute Gasteiger partial charge is 0.377 e. The van der Waals surface area contributed by atoms with Gasteiger partial charge in [-0.1, -0.05) is 57.6 Å². The first-order valence-electron chi connectivity index (χ1n) is 5.99. The average molecular weight is 198 g/mol. The molecule has 0 spiro atoms. The molecule has 0 aromatic heterocycles. The zero-order valence-corrected chi connectivity index (χ0v) is 9.98. The molecule has 0 heterocycles. The molecule has 0 amide bonds. The van der Waals surface area contributed by atoms with Crippen molar-refractivity contribution < 1.29 is 4.74 Å². The van der Waals surface area contributed by atoms with E-state index in [0.717, 1.165) is 18.8 Å². The van der Waals surface area contributed by atoms with E-state index < -0.39 is 0 Å². The Hall–Kier alpha value is -0.300. The van der Waals surface area contributed by atoms with Crippen LogP contribution < -0.4 is 0 Å².